The molecule has 0 spiro atoms. The van der Waals surface area contributed by atoms with Gasteiger partial charge < -0.3 is 20.4 Å². The Morgan fingerprint density at radius 2 is 1.56 bits per heavy atom. The molecule has 0 saturated carbocycles. The molecule has 1 atom stereocenters. The van der Waals surface area contributed by atoms with Crippen LogP contribution in [0.25, 0.3) is 0 Å². The second-order valence-corrected chi connectivity index (χ2v) is 6.78. The van der Waals surface area contributed by atoms with Crippen molar-refractivity contribution >= 4 is 29.1 Å². The first-order valence-electron chi connectivity index (χ1n) is 9.37. The summed E-state index contributed by atoms with van der Waals surface area (Å²) >= 11 is 0. The molecule has 3 aromatic rings. The molecule has 0 aliphatic heterocycles. The van der Waals surface area contributed by atoms with Crippen LogP contribution >= 0.6 is 0 Å². The summed E-state index contributed by atoms with van der Waals surface area (Å²) in [5, 5.41) is 7.44. The average Bonchev–Trinajstić information content (AvgIpc) is 3.28. The molecule has 2 aromatic carbocycles. The molecule has 32 heavy (non-hydrogen) atoms. The maximum atomic E-state index is 12.8. The molecule has 3 N–H and O–H groups in total. The van der Waals surface area contributed by atoms with E-state index in [0.717, 1.165) is 12.1 Å². The highest BCUT2D eigenvalue weighted by molar-refractivity contribution is 6.06. The smallest absolute Gasteiger partial charge is 0.416 e. The van der Waals surface area contributed by atoms with Crippen LogP contribution in [0.4, 0.5) is 24.5 Å². The molecule has 1 aromatic heterocycles. The van der Waals surface area contributed by atoms with Crippen molar-refractivity contribution in [3.63, 3.8) is 0 Å². The Bertz CT molecular complexity index is 1130. The van der Waals surface area contributed by atoms with Crippen LogP contribution in [0.15, 0.2) is 71.3 Å². The molecule has 0 unspecified atom stereocenters. The second kappa shape index (κ2) is 9.38. The molecule has 3 amide bonds. The third-order valence-electron chi connectivity index (χ3n) is 4.33. The van der Waals surface area contributed by atoms with Gasteiger partial charge in [-0.15, -0.1) is 0 Å². The molecule has 0 bridgehead atoms. The summed E-state index contributed by atoms with van der Waals surface area (Å²) < 4.78 is 43.5. The minimum Gasteiger partial charge on any atom is -0.459 e. The lowest BCUT2D eigenvalue weighted by Gasteiger charge is -2.14. The normalized spacial score (nSPS) is 12.0. The van der Waals surface area contributed by atoms with Crippen LogP contribution in [0.5, 0.6) is 0 Å². The van der Waals surface area contributed by atoms with Gasteiger partial charge in [0, 0.05) is 16.9 Å². The summed E-state index contributed by atoms with van der Waals surface area (Å²) in [5.41, 5.74) is -0.520. The number of carbonyl (C=O) groups excluding carboxylic acids is 3. The van der Waals surface area contributed by atoms with E-state index in [4.69, 9.17) is 4.42 Å². The minimum absolute atomic E-state index is 0.0199. The van der Waals surface area contributed by atoms with Gasteiger partial charge in [0.15, 0.2) is 5.76 Å². The van der Waals surface area contributed by atoms with Gasteiger partial charge in [0.1, 0.15) is 6.04 Å². The third kappa shape index (κ3) is 5.75. The number of nitrogens with one attached hydrogen (secondary N) is 3. The van der Waals surface area contributed by atoms with Crippen LogP contribution in [-0.2, 0) is 11.0 Å². The Hall–Kier alpha value is -4.08. The summed E-state index contributed by atoms with van der Waals surface area (Å²) in [6, 6.07) is 12.2. The molecule has 3 rings (SSSR count). The predicted octanol–water partition coefficient (Wildman–Crippen LogP) is 4.31. The van der Waals surface area contributed by atoms with Crippen molar-refractivity contribution in [1.29, 1.82) is 0 Å². The number of rotatable bonds is 6. The standard InChI is InChI=1S/C22H18F3N3O4/c1-13(26-21(31)18-9-4-10-32-18)19(29)27-16-7-2-5-14(11-16)20(30)28-17-8-3-6-15(12-17)22(23,24)25/h2-13H,1H3,(H,26,31)(H,27,29)(H,28,30)/t13-/m1/s1. The van der Waals surface area contributed by atoms with E-state index in [1.54, 1.807) is 0 Å². The van der Waals surface area contributed by atoms with E-state index in [0.29, 0.717) is 0 Å². The van der Waals surface area contributed by atoms with E-state index in [9.17, 15) is 27.6 Å². The van der Waals surface area contributed by atoms with Gasteiger partial charge in [0.25, 0.3) is 11.8 Å². The van der Waals surface area contributed by atoms with E-state index in [1.807, 2.05) is 0 Å². The average molecular weight is 445 g/mol. The van der Waals surface area contributed by atoms with Crippen molar-refractivity contribution < 1.29 is 32.0 Å². The summed E-state index contributed by atoms with van der Waals surface area (Å²) in [6.07, 6.45) is -3.20. The first kappa shape index (κ1) is 22.6. The lowest BCUT2D eigenvalue weighted by Crippen LogP contribution is -2.41. The molecule has 7 nitrogen and oxygen atoms in total. The predicted molar refractivity (Wildman–Crippen MR) is 110 cm³/mol. The summed E-state index contributed by atoms with van der Waals surface area (Å²) in [6.45, 7) is 1.47. The van der Waals surface area contributed by atoms with Crippen LogP contribution < -0.4 is 16.0 Å². The quantitative estimate of drug-likeness (QED) is 0.527. The van der Waals surface area contributed by atoms with E-state index >= 15 is 0 Å². The number of alkyl halides is 3. The van der Waals surface area contributed by atoms with Crippen LogP contribution in [0.1, 0.15) is 33.4 Å². The highest BCUT2D eigenvalue weighted by Gasteiger charge is 2.30. The molecular weight excluding hydrogens is 427 g/mol. The second-order valence-electron chi connectivity index (χ2n) is 6.78. The largest absolute Gasteiger partial charge is 0.459 e. The number of anilines is 2. The molecule has 0 radical (unpaired) electrons. The number of furan rings is 1. The summed E-state index contributed by atoms with van der Waals surface area (Å²) in [7, 11) is 0. The lowest BCUT2D eigenvalue weighted by molar-refractivity contribution is -0.137. The Kier molecular flexibility index (Phi) is 6.62. The number of carbonyl (C=O) groups is 3. The molecule has 0 aliphatic rings. The van der Waals surface area contributed by atoms with Crippen molar-refractivity contribution in [2.75, 3.05) is 10.6 Å². The van der Waals surface area contributed by atoms with Gasteiger partial charge in [0.2, 0.25) is 5.91 Å². The fourth-order valence-corrected chi connectivity index (χ4v) is 2.71. The SMILES string of the molecule is C[C@@H](NC(=O)c1ccco1)C(=O)Nc1cccc(C(=O)Nc2cccc(C(F)(F)F)c2)c1. The Morgan fingerprint density at radius 3 is 2.22 bits per heavy atom. The highest BCUT2D eigenvalue weighted by Crippen LogP contribution is 2.30. The minimum atomic E-state index is -4.53. The maximum absolute atomic E-state index is 12.8. The van der Waals surface area contributed by atoms with Gasteiger partial charge in [-0.3, -0.25) is 14.4 Å². The highest BCUT2D eigenvalue weighted by atomic mass is 19.4. The van der Waals surface area contributed by atoms with Gasteiger partial charge in [-0.2, -0.15) is 13.2 Å². The van der Waals surface area contributed by atoms with Gasteiger partial charge in [0.05, 0.1) is 11.8 Å². The van der Waals surface area contributed by atoms with Crippen LogP contribution in [0.2, 0.25) is 0 Å². The van der Waals surface area contributed by atoms with Crippen molar-refractivity contribution in [3.05, 3.63) is 83.8 Å². The first-order valence-corrected chi connectivity index (χ1v) is 9.37. The molecule has 10 heteroatoms. The zero-order valence-corrected chi connectivity index (χ0v) is 16.7. The fourth-order valence-electron chi connectivity index (χ4n) is 2.71. The summed E-state index contributed by atoms with van der Waals surface area (Å²) in [5.74, 6) is -1.70. The number of benzene rings is 2. The molecule has 1 heterocycles. The Morgan fingerprint density at radius 1 is 0.875 bits per heavy atom. The van der Waals surface area contributed by atoms with Crippen molar-refractivity contribution in [3.8, 4) is 0 Å². The molecule has 0 aliphatic carbocycles. The molecule has 0 saturated heterocycles. The molecule has 166 valence electrons. The Balaban J connectivity index is 1.64. The lowest BCUT2D eigenvalue weighted by atomic mass is 10.1. The monoisotopic (exact) mass is 445 g/mol. The van der Waals surface area contributed by atoms with E-state index < -0.39 is 35.5 Å². The Labute approximate surface area is 180 Å². The molecule has 0 fully saturated rings. The number of hydrogen-bond donors (Lipinski definition) is 3. The maximum Gasteiger partial charge on any atom is 0.416 e. The zero-order valence-electron chi connectivity index (χ0n) is 16.7. The fraction of sp³-hybridized carbons (Fsp3) is 0.136. The number of halogens is 3. The van der Waals surface area contributed by atoms with Gasteiger partial charge in [-0.05, 0) is 55.5 Å². The van der Waals surface area contributed by atoms with Gasteiger partial charge >= 0.3 is 6.18 Å². The van der Waals surface area contributed by atoms with Gasteiger partial charge in [-0.25, -0.2) is 0 Å². The topological polar surface area (TPSA) is 100 Å². The van der Waals surface area contributed by atoms with Crippen LogP contribution in [0.3, 0.4) is 0 Å². The number of amides is 3. The summed E-state index contributed by atoms with van der Waals surface area (Å²) in [4.78, 5) is 36.8. The van der Waals surface area contributed by atoms with Crippen molar-refractivity contribution in [2.24, 2.45) is 0 Å². The van der Waals surface area contributed by atoms with E-state index in [2.05, 4.69) is 16.0 Å². The van der Waals surface area contributed by atoms with E-state index in [1.165, 1.54) is 61.7 Å². The van der Waals surface area contributed by atoms with Crippen LogP contribution in [0, 0.1) is 0 Å². The van der Waals surface area contributed by atoms with Crippen molar-refractivity contribution in [1.82, 2.24) is 5.32 Å². The zero-order chi connectivity index (χ0) is 23.3. The van der Waals surface area contributed by atoms with Crippen LogP contribution in [-0.4, -0.2) is 23.8 Å². The van der Waals surface area contributed by atoms with E-state index in [-0.39, 0.29) is 22.7 Å². The van der Waals surface area contributed by atoms with Gasteiger partial charge in [-0.1, -0.05) is 12.1 Å². The molecular formula is C22H18F3N3O4. The van der Waals surface area contributed by atoms with Crippen molar-refractivity contribution in [2.45, 2.75) is 19.1 Å². The third-order valence-corrected chi connectivity index (χ3v) is 4.33. The number of hydrogen-bond acceptors (Lipinski definition) is 4. The first-order chi connectivity index (χ1) is 15.1.